The van der Waals surface area contributed by atoms with Crippen molar-refractivity contribution in [3.63, 3.8) is 0 Å². The van der Waals surface area contributed by atoms with Crippen LogP contribution in [0.3, 0.4) is 0 Å². The van der Waals surface area contributed by atoms with Crippen molar-refractivity contribution in [1.82, 2.24) is 19.7 Å². The van der Waals surface area contributed by atoms with Crippen LogP contribution in [0.5, 0.6) is 0 Å². The SMILES string of the molecule is O=C(Nc1cccc(Cl)c1)NC1CCc2nn(Cc3ccc(F)cc3)c(=O)n2CC1. The summed E-state index contributed by atoms with van der Waals surface area (Å²) < 4.78 is 16.1. The van der Waals surface area contributed by atoms with Gasteiger partial charge in [0.25, 0.3) is 0 Å². The van der Waals surface area contributed by atoms with Gasteiger partial charge in [0.1, 0.15) is 11.6 Å². The van der Waals surface area contributed by atoms with Crippen molar-refractivity contribution in [2.24, 2.45) is 0 Å². The highest BCUT2D eigenvalue weighted by atomic mass is 35.5. The number of aryl methyl sites for hydroxylation is 1. The molecule has 7 nitrogen and oxygen atoms in total. The van der Waals surface area contributed by atoms with Crippen LogP contribution in [0.25, 0.3) is 0 Å². The molecule has 0 aliphatic carbocycles. The lowest BCUT2D eigenvalue weighted by Crippen LogP contribution is -2.38. The van der Waals surface area contributed by atoms with Gasteiger partial charge in [0.15, 0.2) is 0 Å². The van der Waals surface area contributed by atoms with Gasteiger partial charge in [0, 0.05) is 29.7 Å². The van der Waals surface area contributed by atoms with Crippen LogP contribution in [0.15, 0.2) is 53.3 Å². The van der Waals surface area contributed by atoms with E-state index in [0.717, 1.165) is 5.56 Å². The second-order valence-corrected chi connectivity index (χ2v) is 7.70. The average Bonchev–Trinajstić information content (AvgIpc) is 2.87. The largest absolute Gasteiger partial charge is 0.346 e. The van der Waals surface area contributed by atoms with Crippen LogP contribution in [0.2, 0.25) is 5.02 Å². The normalized spacial score (nSPS) is 15.9. The van der Waals surface area contributed by atoms with Crippen molar-refractivity contribution in [1.29, 1.82) is 0 Å². The molecule has 3 aromatic rings. The molecule has 1 atom stereocenters. The van der Waals surface area contributed by atoms with E-state index in [1.165, 1.54) is 16.8 Å². The van der Waals surface area contributed by atoms with Crippen molar-refractivity contribution in [3.05, 3.63) is 81.2 Å². The van der Waals surface area contributed by atoms with Crippen LogP contribution in [0, 0.1) is 5.82 Å². The van der Waals surface area contributed by atoms with Gasteiger partial charge >= 0.3 is 11.7 Å². The van der Waals surface area contributed by atoms with E-state index in [4.69, 9.17) is 11.6 Å². The van der Waals surface area contributed by atoms with Gasteiger partial charge in [-0.1, -0.05) is 29.8 Å². The Morgan fingerprint density at radius 1 is 1.20 bits per heavy atom. The molecule has 9 heteroatoms. The monoisotopic (exact) mass is 429 g/mol. The molecule has 0 saturated carbocycles. The van der Waals surface area contributed by atoms with Gasteiger partial charge in [-0.15, -0.1) is 0 Å². The second-order valence-electron chi connectivity index (χ2n) is 7.27. The summed E-state index contributed by atoms with van der Waals surface area (Å²) in [6, 6.07) is 12.6. The Morgan fingerprint density at radius 3 is 2.77 bits per heavy atom. The molecule has 1 aromatic heterocycles. The lowest BCUT2D eigenvalue weighted by molar-refractivity contribution is 0.247. The summed E-state index contributed by atoms with van der Waals surface area (Å²) in [4.78, 5) is 25.0. The topological polar surface area (TPSA) is 81.0 Å². The van der Waals surface area contributed by atoms with E-state index in [9.17, 15) is 14.0 Å². The molecule has 1 unspecified atom stereocenters. The number of amides is 2. The molecule has 1 aliphatic rings. The summed E-state index contributed by atoms with van der Waals surface area (Å²) >= 11 is 5.94. The zero-order valence-electron chi connectivity index (χ0n) is 16.1. The molecule has 4 rings (SSSR count). The smallest absolute Gasteiger partial charge is 0.335 e. The molecule has 0 fully saturated rings. The third-order valence-corrected chi connectivity index (χ3v) is 5.32. The van der Waals surface area contributed by atoms with Crippen molar-refractivity contribution < 1.29 is 9.18 Å². The molecule has 30 heavy (non-hydrogen) atoms. The fourth-order valence-electron chi connectivity index (χ4n) is 3.56. The van der Waals surface area contributed by atoms with Crippen LogP contribution >= 0.6 is 11.6 Å². The second kappa shape index (κ2) is 8.71. The lowest BCUT2D eigenvalue weighted by Gasteiger charge is -2.16. The highest BCUT2D eigenvalue weighted by Crippen LogP contribution is 2.16. The number of hydrogen-bond acceptors (Lipinski definition) is 3. The van der Waals surface area contributed by atoms with Crippen LogP contribution in [0.4, 0.5) is 14.9 Å². The standard InChI is InChI=1S/C21H21ClFN5O2/c22-15-2-1-3-18(12-15)25-20(29)24-17-8-9-19-26-28(21(30)27(19)11-10-17)13-14-4-6-16(23)7-5-14/h1-7,12,17H,8-11,13H2,(H2,24,25,29). The third-order valence-electron chi connectivity index (χ3n) is 5.08. The number of fused-ring (bicyclic) bond motifs is 1. The number of nitrogens with one attached hydrogen (secondary N) is 2. The number of aromatic nitrogens is 3. The number of anilines is 1. The van der Waals surface area contributed by atoms with E-state index in [1.807, 2.05) is 0 Å². The summed E-state index contributed by atoms with van der Waals surface area (Å²) in [5.41, 5.74) is 1.23. The Kier molecular flexibility index (Phi) is 5.85. The van der Waals surface area contributed by atoms with Crippen LogP contribution in [-0.2, 0) is 19.5 Å². The van der Waals surface area contributed by atoms with E-state index in [2.05, 4.69) is 15.7 Å². The Labute approximate surface area is 177 Å². The van der Waals surface area contributed by atoms with Crippen molar-refractivity contribution in [3.8, 4) is 0 Å². The maximum absolute atomic E-state index is 13.1. The number of hydrogen-bond donors (Lipinski definition) is 2. The van der Waals surface area contributed by atoms with Gasteiger partial charge in [-0.2, -0.15) is 5.10 Å². The molecular weight excluding hydrogens is 409 g/mol. The Bertz CT molecular complexity index is 1110. The summed E-state index contributed by atoms with van der Waals surface area (Å²) in [6.07, 6.45) is 1.88. The number of benzene rings is 2. The first kappa shape index (κ1) is 20.2. The first-order valence-corrected chi connectivity index (χ1v) is 10.1. The molecule has 2 N–H and O–H groups in total. The number of nitrogens with zero attached hydrogens (tertiary/aromatic N) is 3. The molecule has 2 aromatic carbocycles. The fraction of sp³-hybridized carbons (Fsp3) is 0.286. The molecular formula is C21H21ClFN5O2. The molecule has 1 aliphatic heterocycles. The van der Waals surface area contributed by atoms with Crippen LogP contribution in [-0.4, -0.2) is 26.4 Å². The minimum Gasteiger partial charge on any atom is -0.335 e. The maximum atomic E-state index is 13.1. The molecule has 156 valence electrons. The van der Waals surface area contributed by atoms with Gasteiger partial charge in [0.2, 0.25) is 0 Å². The highest BCUT2D eigenvalue weighted by molar-refractivity contribution is 6.30. The van der Waals surface area contributed by atoms with Crippen molar-refractivity contribution in [2.75, 3.05) is 5.32 Å². The predicted octanol–water partition coefficient (Wildman–Crippen LogP) is 3.41. The zero-order chi connectivity index (χ0) is 21.1. The zero-order valence-corrected chi connectivity index (χ0v) is 16.9. The van der Waals surface area contributed by atoms with Crippen LogP contribution in [0.1, 0.15) is 24.2 Å². The third kappa shape index (κ3) is 4.71. The van der Waals surface area contributed by atoms with Gasteiger partial charge in [-0.05, 0) is 48.7 Å². The molecule has 2 amide bonds. The average molecular weight is 430 g/mol. The number of carbonyl (C=O) groups excluding carboxylic acids is 1. The number of halogens is 2. The van der Waals surface area contributed by atoms with E-state index < -0.39 is 0 Å². The molecule has 0 radical (unpaired) electrons. The van der Waals surface area contributed by atoms with E-state index >= 15 is 0 Å². The van der Waals surface area contributed by atoms with Gasteiger partial charge in [-0.25, -0.2) is 18.7 Å². The first-order chi connectivity index (χ1) is 14.5. The van der Waals surface area contributed by atoms with E-state index in [1.54, 1.807) is 41.0 Å². The Hall–Kier alpha value is -3.13. The maximum Gasteiger partial charge on any atom is 0.346 e. The highest BCUT2D eigenvalue weighted by Gasteiger charge is 2.22. The summed E-state index contributed by atoms with van der Waals surface area (Å²) in [6.45, 7) is 0.766. The quantitative estimate of drug-likeness (QED) is 0.666. The predicted molar refractivity (Wildman–Crippen MR) is 112 cm³/mol. The molecule has 0 saturated heterocycles. The van der Waals surface area contributed by atoms with Crippen molar-refractivity contribution in [2.45, 2.75) is 38.4 Å². The van der Waals surface area contributed by atoms with Crippen LogP contribution < -0.4 is 16.3 Å². The summed E-state index contributed by atoms with van der Waals surface area (Å²) in [7, 11) is 0. The molecule has 0 spiro atoms. The van der Waals surface area contributed by atoms with Crippen molar-refractivity contribution >= 4 is 23.3 Å². The van der Waals surface area contributed by atoms with E-state index in [-0.39, 0.29) is 23.6 Å². The minimum absolute atomic E-state index is 0.0733. The van der Waals surface area contributed by atoms with Gasteiger partial charge in [0.05, 0.1) is 6.54 Å². The number of urea groups is 1. The van der Waals surface area contributed by atoms with Gasteiger partial charge < -0.3 is 10.6 Å². The lowest BCUT2D eigenvalue weighted by atomic mass is 10.1. The fourth-order valence-corrected chi connectivity index (χ4v) is 3.75. The number of carbonyl (C=O) groups is 1. The Balaban J connectivity index is 1.37. The molecule has 0 bridgehead atoms. The first-order valence-electron chi connectivity index (χ1n) is 9.72. The summed E-state index contributed by atoms with van der Waals surface area (Å²) in [5, 5.41) is 10.7. The molecule has 2 heterocycles. The van der Waals surface area contributed by atoms with E-state index in [0.29, 0.717) is 48.9 Å². The number of rotatable bonds is 4. The summed E-state index contributed by atoms with van der Waals surface area (Å²) in [5.74, 6) is 0.381. The van der Waals surface area contributed by atoms with Gasteiger partial charge in [-0.3, -0.25) is 4.57 Å². The minimum atomic E-state index is -0.315. The Morgan fingerprint density at radius 2 is 2.00 bits per heavy atom.